The molecular formula is C16H18N2O2S. The zero-order valence-corrected chi connectivity index (χ0v) is 12.6. The molecule has 0 saturated carbocycles. The third kappa shape index (κ3) is 4.31. The van der Waals surface area contributed by atoms with Gasteiger partial charge in [0.2, 0.25) is 0 Å². The molecule has 1 atom stereocenters. The summed E-state index contributed by atoms with van der Waals surface area (Å²) in [5.41, 5.74) is 1.43. The Kier molecular flexibility index (Phi) is 5.78. The molecule has 1 unspecified atom stereocenters. The zero-order valence-electron chi connectivity index (χ0n) is 11.8. The molecule has 1 aromatic carbocycles. The van der Waals surface area contributed by atoms with Crippen molar-refractivity contribution in [3.05, 3.63) is 59.8 Å². The lowest BCUT2D eigenvalue weighted by molar-refractivity contribution is 0.0939. The van der Waals surface area contributed by atoms with E-state index in [1.807, 2.05) is 36.6 Å². The van der Waals surface area contributed by atoms with Gasteiger partial charge in [0.15, 0.2) is 0 Å². The largest absolute Gasteiger partial charge is 0.388 e. The van der Waals surface area contributed by atoms with Crippen molar-refractivity contribution in [3.63, 3.8) is 0 Å². The Morgan fingerprint density at radius 3 is 2.76 bits per heavy atom. The van der Waals surface area contributed by atoms with Gasteiger partial charge in [-0.1, -0.05) is 30.3 Å². The number of aromatic nitrogens is 1. The summed E-state index contributed by atoms with van der Waals surface area (Å²) < 4.78 is 0. The fraction of sp³-hybridized carbons (Fsp3) is 0.250. The summed E-state index contributed by atoms with van der Waals surface area (Å²) in [5, 5.41) is 13.6. The zero-order chi connectivity index (χ0) is 15.1. The van der Waals surface area contributed by atoms with Crippen LogP contribution in [0.5, 0.6) is 0 Å². The van der Waals surface area contributed by atoms with Crippen LogP contribution in [0.2, 0.25) is 0 Å². The Bertz CT molecular complexity index is 590. The molecule has 5 heteroatoms. The molecule has 110 valence electrons. The van der Waals surface area contributed by atoms with Crippen LogP contribution in [0, 0.1) is 0 Å². The summed E-state index contributed by atoms with van der Waals surface area (Å²) in [4.78, 5) is 16.3. The second-order valence-corrected chi connectivity index (χ2v) is 5.33. The van der Waals surface area contributed by atoms with Crippen molar-refractivity contribution >= 4 is 17.7 Å². The molecule has 0 radical (unpaired) electrons. The predicted molar refractivity (Wildman–Crippen MR) is 84.4 cm³/mol. The molecular weight excluding hydrogens is 284 g/mol. The first-order valence-electron chi connectivity index (χ1n) is 6.72. The van der Waals surface area contributed by atoms with Crippen molar-refractivity contribution < 1.29 is 9.90 Å². The summed E-state index contributed by atoms with van der Waals surface area (Å²) in [6.45, 7) is 0.414. The summed E-state index contributed by atoms with van der Waals surface area (Å²) in [6, 6.07) is 12.9. The first-order chi connectivity index (χ1) is 10.2. The molecule has 0 aliphatic carbocycles. The molecule has 0 spiro atoms. The highest BCUT2D eigenvalue weighted by molar-refractivity contribution is 7.98. The summed E-state index contributed by atoms with van der Waals surface area (Å²) in [5.74, 6) is -0.160. The quantitative estimate of drug-likeness (QED) is 0.805. The van der Waals surface area contributed by atoms with Crippen molar-refractivity contribution in [1.29, 1.82) is 0 Å². The monoisotopic (exact) mass is 302 g/mol. The maximum atomic E-state index is 12.1. The van der Waals surface area contributed by atoms with E-state index in [9.17, 15) is 9.90 Å². The van der Waals surface area contributed by atoms with Gasteiger partial charge in [0.05, 0.1) is 11.7 Å². The van der Waals surface area contributed by atoms with Gasteiger partial charge in [-0.05, 0) is 30.4 Å². The fourth-order valence-electron chi connectivity index (χ4n) is 1.99. The van der Waals surface area contributed by atoms with Crippen molar-refractivity contribution in [2.24, 2.45) is 0 Å². The maximum Gasteiger partial charge on any atom is 0.254 e. The highest BCUT2D eigenvalue weighted by Gasteiger charge is 2.12. The van der Waals surface area contributed by atoms with E-state index in [0.29, 0.717) is 23.6 Å². The summed E-state index contributed by atoms with van der Waals surface area (Å²) >= 11 is 1.44. The fourth-order valence-corrected chi connectivity index (χ4v) is 2.53. The second-order valence-electron chi connectivity index (χ2n) is 4.53. The van der Waals surface area contributed by atoms with Gasteiger partial charge in [-0.15, -0.1) is 11.8 Å². The molecule has 0 aliphatic heterocycles. The molecule has 1 aromatic heterocycles. The number of thioether (sulfide) groups is 1. The number of carbonyl (C=O) groups is 1. The van der Waals surface area contributed by atoms with Gasteiger partial charge in [0, 0.05) is 12.7 Å². The average molecular weight is 302 g/mol. The molecule has 0 fully saturated rings. The van der Waals surface area contributed by atoms with E-state index in [0.717, 1.165) is 5.56 Å². The molecule has 0 saturated heterocycles. The van der Waals surface area contributed by atoms with E-state index in [1.54, 1.807) is 18.3 Å². The van der Waals surface area contributed by atoms with Gasteiger partial charge < -0.3 is 10.4 Å². The second kappa shape index (κ2) is 7.81. The average Bonchev–Trinajstić information content (AvgIpc) is 2.55. The molecule has 2 rings (SSSR count). The molecule has 0 bridgehead atoms. The minimum Gasteiger partial charge on any atom is -0.388 e. The van der Waals surface area contributed by atoms with Crippen LogP contribution < -0.4 is 5.32 Å². The molecule has 1 heterocycles. The minimum absolute atomic E-state index is 0.160. The number of amides is 1. The number of nitrogens with zero attached hydrogens (tertiary/aromatic N) is 1. The van der Waals surface area contributed by atoms with Crippen LogP contribution in [-0.4, -0.2) is 28.8 Å². The number of aliphatic hydroxyl groups is 1. The normalized spacial score (nSPS) is 11.9. The van der Waals surface area contributed by atoms with Gasteiger partial charge in [0.25, 0.3) is 5.91 Å². The van der Waals surface area contributed by atoms with Gasteiger partial charge in [-0.3, -0.25) is 4.79 Å². The Balaban J connectivity index is 1.87. The number of carbonyl (C=O) groups excluding carboxylic acids is 1. The molecule has 2 aromatic rings. The van der Waals surface area contributed by atoms with Crippen molar-refractivity contribution in [2.45, 2.75) is 17.6 Å². The Labute approximate surface area is 128 Å². The first kappa shape index (κ1) is 15.5. The van der Waals surface area contributed by atoms with E-state index in [4.69, 9.17) is 0 Å². The summed E-state index contributed by atoms with van der Waals surface area (Å²) in [6.07, 6.45) is 3.46. The van der Waals surface area contributed by atoms with Gasteiger partial charge in [-0.2, -0.15) is 0 Å². The third-order valence-corrected chi connectivity index (χ3v) is 3.81. The van der Waals surface area contributed by atoms with Crippen LogP contribution in [0.1, 0.15) is 28.4 Å². The van der Waals surface area contributed by atoms with Crippen LogP contribution in [-0.2, 0) is 0 Å². The SMILES string of the molecule is CSc1ncccc1C(=O)NCCC(O)c1ccccc1. The smallest absolute Gasteiger partial charge is 0.254 e. The standard InChI is InChI=1S/C16H18N2O2S/c1-21-16-13(8-5-10-18-16)15(20)17-11-9-14(19)12-6-3-2-4-7-12/h2-8,10,14,19H,9,11H2,1H3,(H,17,20). The van der Waals surface area contributed by atoms with Crippen molar-refractivity contribution in [1.82, 2.24) is 10.3 Å². The van der Waals surface area contributed by atoms with Crippen molar-refractivity contribution in [3.8, 4) is 0 Å². The Morgan fingerprint density at radius 2 is 2.05 bits per heavy atom. The number of hydrogen-bond donors (Lipinski definition) is 2. The lowest BCUT2D eigenvalue weighted by Crippen LogP contribution is -2.26. The summed E-state index contributed by atoms with van der Waals surface area (Å²) in [7, 11) is 0. The van der Waals surface area contributed by atoms with Gasteiger partial charge in [-0.25, -0.2) is 4.98 Å². The third-order valence-electron chi connectivity index (χ3n) is 3.10. The molecule has 1 amide bonds. The van der Waals surface area contributed by atoms with Crippen molar-refractivity contribution in [2.75, 3.05) is 12.8 Å². The van der Waals surface area contributed by atoms with Crippen LogP contribution in [0.15, 0.2) is 53.7 Å². The molecule has 2 N–H and O–H groups in total. The highest BCUT2D eigenvalue weighted by atomic mass is 32.2. The number of pyridine rings is 1. The van der Waals surface area contributed by atoms with E-state index in [1.165, 1.54) is 11.8 Å². The van der Waals surface area contributed by atoms with E-state index < -0.39 is 6.10 Å². The minimum atomic E-state index is -0.569. The lowest BCUT2D eigenvalue weighted by Gasteiger charge is -2.12. The molecule has 21 heavy (non-hydrogen) atoms. The number of rotatable bonds is 6. The lowest BCUT2D eigenvalue weighted by atomic mass is 10.1. The van der Waals surface area contributed by atoms with E-state index in [-0.39, 0.29) is 5.91 Å². The van der Waals surface area contributed by atoms with Crippen LogP contribution >= 0.6 is 11.8 Å². The van der Waals surface area contributed by atoms with Crippen LogP contribution in [0.3, 0.4) is 0 Å². The van der Waals surface area contributed by atoms with Crippen LogP contribution in [0.4, 0.5) is 0 Å². The Hall–Kier alpha value is -1.85. The van der Waals surface area contributed by atoms with Gasteiger partial charge >= 0.3 is 0 Å². The number of hydrogen-bond acceptors (Lipinski definition) is 4. The predicted octanol–water partition coefficient (Wildman–Crippen LogP) is 2.66. The number of benzene rings is 1. The van der Waals surface area contributed by atoms with Crippen LogP contribution in [0.25, 0.3) is 0 Å². The van der Waals surface area contributed by atoms with Gasteiger partial charge in [0.1, 0.15) is 5.03 Å². The Morgan fingerprint density at radius 1 is 1.29 bits per heavy atom. The molecule has 0 aliphatic rings. The topological polar surface area (TPSA) is 62.2 Å². The first-order valence-corrected chi connectivity index (χ1v) is 7.95. The maximum absolute atomic E-state index is 12.1. The van der Waals surface area contributed by atoms with E-state index >= 15 is 0 Å². The van der Waals surface area contributed by atoms with E-state index in [2.05, 4.69) is 10.3 Å². The number of nitrogens with one attached hydrogen (secondary N) is 1. The molecule has 4 nitrogen and oxygen atoms in total. The number of aliphatic hydroxyl groups excluding tert-OH is 1. The highest BCUT2D eigenvalue weighted by Crippen LogP contribution is 2.17.